The van der Waals surface area contributed by atoms with Crippen molar-refractivity contribution in [3.8, 4) is 5.75 Å². The molecule has 1 radical (unpaired) electrons. The average Bonchev–Trinajstić information content (AvgIpc) is 2.57. The molecule has 0 aromatic heterocycles. The minimum Gasteiger partial charge on any atom is -0.482 e. The maximum Gasteiger partial charge on any atom is 0.262 e. The minimum absolute atomic E-state index is 0.0530. The number of anilines is 1. The van der Waals surface area contributed by atoms with Gasteiger partial charge in [0.25, 0.3) is 5.91 Å². The van der Waals surface area contributed by atoms with Crippen LogP contribution < -0.4 is 10.1 Å². The third-order valence-electron chi connectivity index (χ3n) is 3.72. The highest BCUT2D eigenvalue weighted by atomic mass is 35.5. The van der Waals surface area contributed by atoms with Crippen LogP contribution in [0, 0.1) is 12.7 Å². The van der Waals surface area contributed by atoms with Gasteiger partial charge in [-0.3, -0.25) is 9.59 Å². The van der Waals surface area contributed by atoms with Gasteiger partial charge in [-0.25, -0.2) is 4.39 Å². The SMILES string of the molecule is [CH2]CCc1ccc(Cl)c(C(=O)c2ccc3c(c2)OCC(=O)N3)c1F. The molecule has 1 heterocycles. The predicted molar refractivity (Wildman–Crippen MR) is 89.1 cm³/mol. The Morgan fingerprint density at radius 3 is 2.88 bits per heavy atom. The fourth-order valence-corrected chi connectivity index (χ4v) is 2.78. The number of ketones is 1. The van der Waals surface area contributed by atoms with Crippen LogP contribution in [0.2, 0.25) is 5.02 Å². The molecule has 1 N–H and O–H groups in total. The zero-order valence-electron chi connectivity index (χ0n) is 12.7. The van der Waals surface area contributed by atoms with Crippen LogP contribution in [0.5, 0.6) is 5.75 Å². The molecule has 2 aromatic rings. The third-order valence-corrected chi connectivity index (χ3v) is 4.04. The van der Waals surface area contributed by atoms with E-state index < -0.39 is 11.6 Å². The lowest BCUT2D eigenvalue weighted by atomic mass is 9.98. The van der Waals surface area contributed by atoms with Crippen LogP contribution in [0.3, 0.4) is 0 Å². The van der Waals surface area contributed by atoms with Crippen molar-refractivity contribution in [2.45, 2.75) is 12.8 Å². The molecule has 0 spiro atoms. The molecule has 3 rings (SSSR count). The molecule has 6 heteroatoms. The Hall–Kier alpha value is -2.40. The normalized spacial score (nSPS) is 13.0. The summed E-state index contributed by atoms with van der Waals surface area (Å²) < 4.78 is 19.9. The number of rotatable bonds is 4. The summed E-state index contributed by atoms with van der Waals surface area (Å²) in [5, 5.41) is 2.69. The Labute approximate surface area is 143 Å². The van der Waals surface area contributed by atoms with Crippen LogP contribution >= 0.6 is 11.6 Å². The highest BCUT2D eigenvalue weighted by molar-refractivity contribution is 6.35. The number of amides is 1. The Balaban J connectivity index is 2.01. The van der Waals surface area contributed by atoms with Crippen LogP contribution in [0.1, 0.15) is 27.9 Å². The molecule has 0 saturated carbocycles. The Morgan fingerprint density at radius 2 is 2.12 bits per heavy atom. The summed E-state index contributed by atoms with van der Waals surface area (Å²) in [6.07, 6.45) is 0.932. The fraction of sp³-hybridized carbons (Fsp3) is 0.167. The number of carbonyl (C=O) groups excluding carboxylic acids is 2. The summed E-state index contributed by atoms with van der Waals surface area (Å²) in [7, 11) is 0. The smallest absolute Gasteiger partial charge is 0.262 e. The van der Waals surface area contributed by atoms with Crippen molar-refractivity contribution < 1.29 is 18.7 Å². The standard InChI is InChI=1S/C18H14ClFNO3/c1-2-3-10-4-6-12(19)16(17(10)20)18(23)11-5-7-13-14(8-11)24-9-15(22)21-13/h4-8H,1-3,9H2,(H,21,22). The van der Waals surface area contributed by atoms with Crippen LogP contribution in [0.25, 0.3) is 0 Å². The largest absolute Gasteiger partial charge is 0.482 e. The van der Waals surface area contributed by atoms with E-state index in [1.54, 1.807) is 12.1 Å². The van der Waals surface area contributed by atoms with Crippen molar-refractivity contribution in [3.63, 3.8) is 0 Å². The molecule has 24 heavy (non-hydrogen) atoms. The molecule has 0 bridgehead atoms. The number of ether oxygens (including phenoxy) is 1. The van der Waals surface area contributed by atoms with Gasteiger partial charge in [-0.1, -0.05) is 24.6 Å². The van der Waals surface area contributed by atoms with Crippen LogP contribution in [-0.2, 0) is 11.2 Å². The summed E-state index contributed by atoms with van der Waals surface area (Å²) in [4.78, 5) is 24.0. The number of aryl methyl sites for hydroxylation is 1. The molecule has 2 aromatic carbocycles. The van der Waals surface area contributed by atoms with Crippen molar-refractivity contribution in [3.05, 3.63) is 64.8 Å². The quantitative estimate of drug-likeness (QED) is 0.856. The maximum atomic E-state index is 14.6. The molecule has 0 saturated heterocycles. The van der Waals surface area contributed by atoms with Gasteiger partial charge in [0.1, 0.15) is 11.6 Å². The van der Waals surface area contributed by atoms with Gasteiger partial charge in [0.15, 0.2) is 12.4 Å². The number of carbonyl (C=O) groups is 2. The number of nitrogens with one attached hydrogen (secondary N) is 1. The van der Waals surface area contributed by atoms with E-state index in [9.17, 15) is 14.0 Å². The second-order valence-corrected chi connectivity index (χ2v) is 5.78. The van der Waals surface area contributed by atoms with Crippen LogP contribution in [0.15, 0.2) is 30.3 Å². The summed E-state index contributed by atoms with van der Waals surface area (Å²) in [5.74, 6) is -1.06. The van der Waals surface area contributed by atoms with Crippen molar-refractivity contribution in [2.75, 3.05) is 11.9 Å². The first-order valence-electron chi connectivity index (χ1n) is 7.38. The highest BCUT2D eigenvalue weighted by Gasteiger charge is 2.23. The molecule has 0 aliphatic carbocycles. The molecular formula is C18H14ClFNO3. The van der Waals surface area contributed by atoms with Gasteiger partial charge in [-0.05, 0) is 42.7 Å². The molecular weight excluding hydrogens is 333 g/mol. The Morgan fingerprint density at radius 1 is 1.33 bits per heavy atom. The van der Waals surface area contributed by atoms with Gasteiger partial charge < -0.3 is 10.1 Å². The van der Waals surface area contributed by atoms with Gasteiger partial charge >= 0.3 is 0 Å². The van der Waals surface area contributed by atoms with Gasteiger partial charge in [0.2, 0.25) is 0 Å². The van der Waals surface area contributed by atoms with E-state index in [0.29, 0.717) is 29.8 Å². The second kappa shape index (κ2) is 6.61. The first-order valence-corrected chi connectivity index (χ1v) is 7.76. The number of halogens is 2. The summed E-state index contributed by atoms with van der Waals surface area (Å²) in [5.41, 5.74) is 0.944. The summed E-state index contributed by atoms with van der Waals surface area (Å²) in [6.45, 7) is 3.57. The summed E-state index contributed by atoms with van der Waals surface area (Å²) >= 11 is 6.04. The second-order valence-electron chi connectivity index (χ2n) is 5.38. The van der Waals surface area contributed by atoms with E-state index >= 15 is 0 Å². The van der Waals surface area contributed by atoms with E-state index in [0.717, 1.165) is 0 Å². The summed E-state index contributed by atoms with van der Waals surface area (Å²) in [6, 6.07) is 7.59. The van der Waals surface area contributed by atoms with E-state index in [-0.39, 0.29) is 28.7 Å². The lowest BCUT2D eigenvalue weighted by Gasteiger charge is -2.18. The molecule has 4 nitrogen and oxygen atoms in total. The zero-order valence-corrected chi connectivity index (χ0v) is 13.5. The Bertz CT molecular complexity index is 835. The first-order chi connectivity index (χ1) is 11.5. The molecule has 123 valence electrons. The lowest BCUT2D eigenvalue weighted by Crippen LogP contribution is -2.25. The van der Waals surface area contributed by atoms with Gasteiger partial charge in [0, 0.05) is 5.56 Å². The molecule has 0 atom stereocenters. The van der Waals surface area contributed by atoms with Crippen molar-refractivity contribution >= 4 is 29.0 Å². The van der Waals surface area contributed by atoms with E-state index in [1.807, 2.05) is 0 Å². The van der Waals surface area contributed by atoms with Gasteiger partial charge in [0.05, 0.1) is 16.3 Å². The molecule has 0 fully saturated rings. The monoisotopic (exact) mass is 346 g/mol. The zero-order chi connectivity index (χ0) is 17.3. The third kappa shape index (κ3) is 2.99. The van der Waals surface area contributed by atoms with E-state index in [1.165, 1.54) is 18.2 Å². The number of hydrogen-bond acceptors (Lipinski definition) is 3. The minimum atomic E-state index is -0.622. The Kier molecular flexibility index (Phi) is 4.53. The first kappa shape index (κ1) is 16.5. The van der Waals surface area contributed by atoms with Gasteiger partial charge in [-0.15, -0.1) is 0 Å². The molecule has 1 amide bonds. The molecule has 0 unspecified atom stereocenters. The van der Waals surface area contributed by atoms with Crippen molar-refractivity contribution in [2.24, 2.45) is 0 Å². The van der Waals surface area contributed by atoms with Crippen LogP contribution in [-0.4, -0.2) is 18.3 Å². The average molecular weight is 347 g/mol. The fourth-order valence-electron chi connectivity index (χ4n) is 2.55. The molecule has 1 aliphatic heterocycles. The van der Waals surface area contributed by atoms with Crippen molar-refractivity contribution in [1.29, 1.82) is 0 Å². The number of hydrogen-bond donors (Lipinski definition) is 1. The lowest BCUT2D eigenvalue weighted by molar-refractivity contribution is -0.118. The highest BCUT2D eigenvalue weighted by Crippen LogP contribution is 2.31. The number of fused-ring (bicyclic) bond motifs is 1. The topological polar surface area (TPSA) is 55.4 Å². The maximum absolute atomic E-state index is 14.6. The van der Waals surface area contributed by atoms with E-state index in [2.05, 4.69) is 12.2 Å². The van der Waals surface area contributed by atoms with Crippen LogP contribution in [0.4, 0.5) is 10.1 Å². The molecule has 1 aliphatic rings. The van der Waals surface area contributed by atoms with Crippen molar-refractivity contribution in [1.82, 2.24) is 0 Å². The van der Waals surface area contributed by atoms with Gasteiger partial charge in [-0.2, -0.15) is 0 Å². The van der Waals surface area contributed by atoms with E-state index in [4.69, 9.17) is 16.3 Å². The predicted octanol–water partition coefficient (Wildman–Crippen LogP) is 3.81. The number of benzene rings is 2.